The number of rotatable bonds is 4. The fraction of sp³-hybridized carbons (Fsp3) is 0.412. The minimum absolute atomic E-state index is 0.287. The number of benzene rings is 1. The van der Waals surface area contributed by atoms with Gasteiger partial charge in [-0.05, 0) is 32.4 Å². The van der Waals surface area contributed by atoms with Crippen LogP contribution >= 0.6 is 0 Å². The molecule has 2 aromatic rings. The monoisotopic (exact) mass is 314 g/mol. The highest BCUT2D eigenvalue weighted by molar-refractivity contribution is 5.87. The number of fused-ring (bicyclic) bond motifs is 2. The van der Waals surface area contributed by atoms with E-state index < -0.39 is 11.8 Å². The molecule has 0 saturated heterocycles. The number of ether oxygens (including phenoxy) is 2. The van der Waals surface area contributed by atoms with Gasteiger partial charge in [0, 0.05) is 0 Å². The third kappa shape index (κ3) is 2.76. The predicted molar refractivity (Wildman–Crippen MR) is 82.9 cm³/mol. The minimum atomic E-state index is -0.573. The highest BCUT2D eigenvalue weighted by Gasteiger charge is 2.43. The zero-order valence-corrected chi connectivity index (χ0v) is 13.1. The first-order chi connectivity index (χ1) is 11.2. The van der Waals surface area contributed by atoms with Crippen molar-refractivity contribution in [3.63, 3.8) is 0 Å². The Morgan fingerprint density at radius 3 is 1.78 bits per heavy atom. The maximum absolute atomic E-state index is 12.2. The lowest BCUT2D eigenvalue weighted by Gasteiger charge is -2.09. The number of carbonyl (C=O) groups excluding carboxylic acids is 2. The lowest BCUT2D eigenvalue weighted by molar-refractivity contribution is -0.146. The highest BCUT2D eigenvalue weighted by atomic mass is 16.5. The topological polar surface area (TPSA) is 78.4 Å². The van der Waals surface area contributed by atoms with E-state index in [0.29, 0.717) is 28.8 Å². The van der Waals surface area contributed by atoms with Crippen molar-refractivity contribution in [3.05, 3.63) is 35.7 Å². The van der Waals surface area contributed by atoms with Gasteiger partial charge >= 0.3 is 11.9 Å². The molecule has 0 amide bonds. The molecule has 0 aliphatic heterocycles. The van der Waals surface area contributed by atoms with E-state index in [-0.39, 0.29) is 25.2 Å². The van der Waals surface area contributed by atoms with Crippen LogP contribution in [-0.4, -0.2) is 35.1 Å². The van der Waals surface area contributed by atoms with Crippen molar-refractivity contribution >= 4 is 23.0 Å². The van der Waals surface area contributed by atoms with Crippen LogP contribution in [0.4, 0.5) is 0 Å². The second-order valence-electron chi connectivity index (χ2n) is 5.33. The van der Waals surface area contributed by atoms with Gasteiger partial charge in [0.2, 0.25) is 0 Å². The Bertz CT molecular complexity index is 697. The number of carbonyl (C=O) groups is 2. The molecule has 1 heterocycles. The molecule has 6 nitrogen and oxygen atoms in total. The standard InChI is InChI=1S/C17H18N2O4/c1-3-22-16(20)10-9-11(17(21)23-4-2)15-14(10)18-12-7-5-6-8-13(12)19-15/h5-8,10-11H,3-4,9H2,1-2H3/t10-,11-/m1/s1. The van der Waals surface area contributed by atoms with E-state index in [1.165, 1.54) is 0 Å². The molecule has 0 spiro atoms. The number of nitrogens with zero attached hydrogens (tertiary/aromatic N) is 2. The van der Waals surface area contributed by atoms with Gasteiger partial charge in [0.25, 0.3) is 0 Å². The lowest BCUT2D eigenvalue weighted by Crippen LogP contribution is -2.17. The summed E-state index contributed by atoms with van der Waals surface area (Å²) in [6.45, 7) is 4.08. The molecule has 0 saturated carbocycles. The minimum Gasteiger partial charge on any atom is -0.465 e. The van der Waals surface area contributed by atoms with E-state index in [1.807, 2.05) is 24.3 Å². The third-order valence-corrected chi connectivity index (χ3v) is 3.90. The van der Waals surface area contributed by atoms with E-state index in [1.54, 1.807) is 13.8 Å². The molecule has 0 unspecified atom stereocenters. The summed E-state index contributed by atoms with van der Waals surface area (Å²) in [5.41, 5.74) is 2.45. The first-order valence-corrected chi connectivity index (χ1v) is 7.75. The average molecular weight is 314 g/mol. The van der Waals surface area contributed by atoms with Gasteiger partial charge in [-0.2, -0.15) is 0 Å². The van der Waals surface area contributed by atoms with Crippen molar-refractivity contribution in [2.45, 2.75) is 32.1 Å². The summed E-state index contributed by atoms with van der Waals surface area (Å²) in [6.07, 6.45) is 0.295. The first kappa shape index (κ1) is 15.4. The Morgan fingerprint density at radius 1 is 0.957 bits per heavy atom. The van der Waals surface area contributed by atoms with Gasteiger partial charge in [-0.1, -0.05) is 12.1 Å². The molecule has 1 aromatic heterocycles. The summed E-state index contributed by atoms with van der Waals surface area (Å²) >= 11 is 0. The van der Waals surface area contributed by atoms with E-state index in [0.717, 1.165) is 0 Å². The fourth-order valence-corrected chi connectivity index (χ4v) is 2.90. The van der Waals surface area contributed by atoms with E-state index in [2.05, 4.69) is 9.97 Å². The number of aromatic nitrogens is 2. The summed E-state index contributed by atoms with van der Waals surface area (Å²) in [6, 6.07) is 7.39. The van der Waals surface area contributed by atoms with E-state index in [4.69, 9.17) is 9.47 Å². The Morgan fingerprint density at radius 2 is 1.39 bits per heavy atom. The van der Waals surface area contributed by atoms with Crippen LogP contribution < -0.4 is 0 Å². The lowest BCUT2D eigenvalue weighted by atomic mass is 10.0. The fourth-order valence-electron chi connectivity index (χ4n) is 2.90. The smallest absolute Gasteiger partial charge is 0.315 e. The van der Waals surface area contributed by atoms with Crippen molar-refractivity contribution in [1.82, 2.24) is 9.97 Å². The van der Waals surface area contributed by atoms with Crippen LogP contribution in [0.1, 0.15) is 43.5 Å². The van der Waals surface area contributed by atoms with Crippen molar-refractivity contribution in [2.75, 3.05) is 13.2 Å². The second kappa shape index (κ2) is 6.32. The molecular formula is C17H18N2O4. The van der Waals surface area contributed by atoms with Crippen LogP contribution in [0.15, 0.2) is 24.3 Å². The van der Waals surface area contributed by atoms with Gasteiger partial charge in [0.15, 0.2) is 0 Å². The molecule has 0 N–H and O–H groups in total. The molecular weight excluding hydrogens is 296 g/mol. The van der Waals surface area contributed by atoms with Crippen molar-refractivity contribution in [1.29, 1.82) is 0 Å². The zero-order valence-electron chi connectivity index (χ0n) is 13.1. The van der Waals surface area contributed by atoms with Gasteiger partial charge in [-0.15, -0.1) is 0 Å². The second-order valence-corrected chi connectivity index (χ2v) is 5.33. The van der Waals surface area contributed by atoms with Gasteiger partial charge in [-0.3, -0.25) is 9.59 Å². The summed E-state index contributed by atoms with van der Waals surface area (Å²) in [5, 5.41) is 0. The molecule has 6 heteroatoms. The third-order valence-electron chi connectivity index (χ3n) is 3.90. The quantitative estimate of drug-likeness (QED) is 0.806. The van der Waals surface area contributed by atoms with Gasteiger partial charge in [0.1, 0.15) is 11.8 Å². The molecule has 0 bridgehead atoms. The summed E-state index contributed by atoms with van der Waals surface area (Å²) in [4.78, 5) is 33.6. The molecule has 1 aliphatic rings. The number of para-hydroxylation sites is 2. The Balaban J connectivity index is 2.08. The largest absolute Gasteiger partial charge is 0.465 e. The molecule has 3 rings (SSSR count). The maximum atomic E-state index is 12.2. The first-order valence-electron chi connectivity index (χ1n) is 7.75. The Kier molecular flexibility index (Phi) is 4.23. The van der Waals surface area contributed by atoms with Crippen LogP contribution in [0.2, 0.25) is 0 Å². The van der Waals surface area contributed by atoms with Crippen LogP contribution in [0, 0.1) is 0 Å². The van der Waals surface area contributed by atoms with Gasteiger partial charge in [-0.25, -0.2) is 9.97 Å². The summed E-state index contributed by atoms with van der Waals surface area (Å²) in [5.74, 6) is -1.89. The van der Waals surface area contributed by atoms with Gasteiger partial charge in [0.05, 0.1) is 35.6 Å². The average Bonchev–Trinajstić information content (AvgIpc) is 2.92. The molecule has 0 fully saturated rings. The highest BCUT2D eigenvalue weighted by Crippen LogP contribution is 2.41. The molecule has 120 valence electrons. The van der Waals surface area contributed by atoms with Crippen LogP contribution in [0.25, 0.3) is 11.0 Å². The zero-order chi connectivity index (χ0) is 16.4. The number of hydrogen-bond donors (Lipinski definition) is 0. The molecule has 1 aliphatic carbocycles. The van der Waals surface area contributed by atoms with Crippen LogP contribution in [-0.2, 0) is 19.1 Å². The van der Waals surface area contributed by atoms with Crippen molar-refractivity contribution in [2.24, 2.45) is 0 Å². The van der Waals surface area contributed by atoms with Crippen LogP contribution in [0.3, 0.4) is 0 Å². The predicted octanol–water partition coefficient (Wildman–Crippen LogP) is 2.33. The SMILES string of the molecule is CCOC(=O)[C@@H]1C[C@@H](C(=O)OCC)c2nc3ccccc3nc21. The molecule has 23 heavy (non-hydrogen) atoms. The Labute approximate surface area is 133 Å². The Hall–Kier alpha value is -2.50. The molecule has 0 radical (unpaired) electrons. The molecule has 2 atom stereocenters. The number of esters is 2. The van der Waals surface area contributed by atoms with Crippen LogP contribution in [0.5, 0.6) is 0 Å². The van der Waals surface area contributed by atoms with E-state index in [9.17, 15) is 9.59 Å². The molecule has 1 aromatic carbocycles. The summed E-state index contributed by atoms with van der Waals surface area (Å²) in [7, 11) is 0. The maximum Gasteiger partial charge on any atom is 0.315 e. The summed E-state index contributed by atoms with van der Waals surface area (Å²) < 4.78 is 10.2. The van der Waals surface area contributed by atoms with Crippen molar-refractivity contribution in [3.8, 4) is 0 Å². The van der Waals surface area contributed by atoms with Gasteiger partial charge < -0.3 is 9.47 Å². The van der Waals surface area contributed by atoms with E-state index >= 15 is 0 Å². The van der Waals surface area contributed by atoms with Crippen molar-refractivity contribution < 1.29 is 19.1 Å². The normalized spacial score (nSPS) is 19.4. The number of hydrogen-bond acceptors (Lipinski definition) is 6.